The zero-order valence-electron chi connectivity index (χ0n) is 13.1. The largest absolute Gasteiger partial charge is 0.350 e. The molecule has 0 fully saturated rings. The summed E-state index contributed by atoms with van der Waals surface area (Å²) < 4.78 is 14.8. The summed E-state index contributed by atoms with van der Waals surface area (Å²) in [6, 6.07) is 11.6. The van der Waals surface area contributed by atoms with E-state index >= 15 is 0 Å². The van der Waals surface area contributed by atoms with Crippen LogP contribution in [0, 0.1) is 12.7 Å². The highest BCUT2D eigenvalue weighted by Gasteiger charge is 2.09. The number of hydrogen-bond acceptors (Lipinski definition) is 3. The maximum absolute atomic E-state index is 13.5. The van der Waals surface area contributed by atoms with Gasteiger partial charge in [-0.05, 0) is 25.1 Å². The molecule has 0 aliphatic carbocycles. The summed E-state index contributed by atoms with van der Waals surface area (Å²) in [4.78, 5) is 28.7. The highest BCUT2D eigenvalue weighted by Crippen LogP contribution is 2.09. The molecule has 0 radical (unpaired) electrons. The number of halogens is 1. The van der Waals surface area contributed by atoms with Gasteiger partial charge in [-0.1, -0.05) is 29.8 Å². The number of nitrogens with zero attached hydrogens (tertiary/aromatic N) is 2. The Hall–Kier alpha value is -3.02. The fourth-order valence-corrected chi connectivity index (χ4v) is 2.43. The lowest BCUT2D eigenvalue weighted by atomic mass is 10.2. The Morgan fingerprint density at radius 3 is 2.83 bits per heavy atom. The minimum atomic E-state index is -0.380. The molecule has 0 saturated carbocycles. The molecular weight excluding hydrogens is 309 g/mol. The molecule has 3 rings (SSSR count). The number of aromatic nitrogens is 2. The molecule has 6 heteroatoms. The average molecular weight is 325 g/mol. The molecule has 3 aromatic rings. The van der Waals surface area contributed by atoms with Gasteiger partial charge in [0.2, 0.25) is 5.91 Å². The second-order valence-corrected chi connectivity index (χ2v) is 5.57. The third-order valence-corrected chi connectivity index (χ3v) is 3.73. The Labute approximate surface area is 137 Å². The van der Waals surface area contributed by atoms with E-state index < -0.39 is 0 Å². The lowest BCUT2D eigenvalue weighted by Crippen LogP contribution is -2.32. The number of carbonyl (C=O) groups is 1. The maximum Gasteiger partial charge on any atom is 0.261 e. The topological polar surface area (TPSA) is 64.0 Å². The highest BCUT2D eigenvalue weighted by molar-refractivity contribution is 5.79. The van der Waals surface area contributed by atoms with E-state index in [-0.39, 0.29) is 30.4 Å². The van der Waals surface area contributed by atoms with Gasteiger partial charge in [-0.15, -0.1) is 0 Å². The first-order valence-corrected chi connectivity index (χ1v) is 7.50. The van der Waals surface area contributed by atoms with Crippen molar-refractivity contribution in [1.29, 1.82) is 0 Å². The first-order valence-electron chi connectivity index (χ1n) is 7.50. The van der Waals surface area contributed by atoms with Gasteiger partial charge >= 0.3 is 0 Å². The van der Waals surface area contributed by atoms with Gasteiger partial charge < -0.3 is 5.32 Å². The predicted molar refractivity (Wildman–Crippen MR) is 89.0 cm³/mol. The smallest absolute Gasteiger partial charge is 0.261 e. The Kier molecular flexibility index (Phi) is 4.37. The Morgan fingerprint density at radius 2 is 2.04 bits per heavy atom. The maximum atomic E-state index is 13.5. The summed E-state index contributed by atoms with van der Waals surface area (Å²) in [6.07, 6.45) is 1.35. The van der Waals surface area contributed by atoms with E-state index in [4.69, 9.17) is 0 Å². The van der Waals surface area contributed by atoms with Crippen LogP contribution in [0.2, 0.25) is 0 Å². The number of benzene rings is 2. The molecule has 1 N–H and O–H groups in total. The summed E-state index contributed by atoms with van der Waals surface area (Å²) in [5, 5.41) is 3.08. The molecule has 0 spiro atoms. The lowest BCUT2D eigenvalue weighted by Gasteiger charge is -2.09. The number of carbonyl (C=O) groups excluding carboxylic acids is 1. The molecule has 0 atom stereocenters. The third kappa shape index (κ3) is 3.32. The second kappa shape index (κ2) is 6.62. The van der Waals surface area contributed by atoms with Crippen LogP contribution in [0.1, 0.15) is 11.1 Å². The van der Waals surface area contributed by atoms with E-state index in [0.717, 1.165) is 5.56 Å². The number of amides is 1. The van der Waals surface area contributed by atoms with Crippen molar-refractivity contribution in [2.75, 3.05) is 0 Å². The van der Waals surface area contributed by atoms with Crippen LogP contribution < -0.4 is 10.9 Å². The summed E-state index contributed by atoms with van der Waals surface area (Å²) in [5.41, 5.74) is 1.66. The fourth-order valence-electron chi connectivity index (χ4n) is 2.43. The Bertz CT molecular complexity index is 966. The van der Waals surface area contributed by atoms with Crippen LogP contribution in [-0.2, 0) is 17.9 Å². The molecule has 0 aliphatic rings. The monoisotopic (exact) mass is 325 g/mol. The average Bonchev–Trinajstić information content (AvgIpc) is 2.57. The van der Waals surface area contributed by atoms with Crippen molar-refractivity contribution in [1.82, 2.24) is 14.9 Å². The molecule has 1 heterocycles. The molecule has 0 unspecified atom stereocenters. The molecule has 0 bridgehead atoms. The van der Waals surface area contributed by atoms with Crippen molar-refractivity contribution >= 4 is 16.8 Å². The molecule has 1 amide bonds. The van der Waals surface area contributed by atoms with E-state index in [0.29, 0.717) is 16.5 Å². The number of aryl methyl sites for hydroxylation is 1. The van der Waals surface area contributed by atoms with Crippen LogP contribution in [-0.4, -0.2) is 15.5 Å². The fraction of sp³-hybridized carbons (Fsp3) is 0.167. The summed E-state index contributed by atoms with van der Waals surface area (Å²) in [5.74, 6) is -0.757. The van der Waals surface area contributed by atoms with Gasteiger partial charge in [-0.3, -0.25) is 14.2 Å². The SMILES string of the molecule is Cc1ccc2ncn(CC(=O)NCc3ccccc3F)c(=O)c2c1. The van der Waals surface area contributed by atoms with Crippen molar-refractivity contribution in [3.8, 4) is 0 Å². The van der Waals surface area contributed by atoms with Crippen molar-refractivity contribution in [2.45, 2.75) is 20.0 Å². The summed E-state index contributed by atoms with van der Waals surface area (Å²) in [6.45, 7) is 1.79. The van der Waals surface area contributed by atoms with Gasteiger partial charge in [0, 0.05) is 12.1 Å². The van der Waals surface area contributed by atoms with E-state index in [2.05, 4.69) is 10.3 Å². The molecule has 5 nitrogen and oxygen atoms in total. The van der Waals surface area contributed by atoms with Crippen molar-refractivity contribution in [3.05, 3.63) is 76.1 Å². The number of rotatable bonds is 4. The number of nitrogens with one attached hydrogen (secondary N) is 1. The zero-order chi connectivity index (χ0) is 17.1. The molecule has 122 valence electrons. The van der Waals surface area contributed by atoms with Gasteiger partial charge in [0.15, 0.2) is 0 Å². The second-order valence-electron chi connectivity index (χ2n) is 5.57. The molecule has 0 aliphatic heterocycles. The van der Waals surface area contributed by atoms with Crippen LogP contribution in [0.15, 0.2) is 53.6 Å². The zero-order valence-corrected chi connectivity index (χ0v) is 13.1. The highest BCUT2D eigenvalue weighted by atomic mass is 19.1. The molecule has 24 heavy (non-hydrogen) atoms. The van der Waals surface area contributed by atoms with Crippen LogP contribution >= 0.6 is 0 Å². The first-order chi connectivity index (χ1) is 11.5. The quantitative estimate of drug-likeness (QED) is 0.799. The third-order valence-electron chi connectivity index (χ3n) is 3.73. The lowest BCUT2D eigenvalue weighted by molar-refractivity contribution is -0.121. The minimum Gasteiger partial charge on any atom is -0.350 e. The van der Waals surface area contributed by atoms with E-state index in [1.54, 1.807) is 30.3 Å². The van der Waals surface area contributed by atoms with Gasteiger partial charge in [0.1, 0.15) is 12.4 Å². The van der Waals surface area contributed by atoms with Crippen LogP contribution in [0.25, 0.3) is 10.9 Å². The molecular formula is C18H16FN3O2. The Balaban J connectivity index is 1.75. The standard InChI is InChI=1S/C18H16FN3O2/c1-12-6-7-16-14(8-12)18(24)22(11-21-16)10-17(23)20-9-13-4-2-3-5-15(13)19/h2-8,11H,9-10H2,1H3,(H,20,23). The molecule has 1 aromatic heterocycles. The Morgan fingerprint density at radius 1 is 1.25 bits per heavy atom. The summed E-state index contributed by atoms with van der Waals surface area (Å²) >= 11 is 0. The van der Waals surface area contributed by atoms with Gasteiger partial charge in [-0.25, -0.2) is 9.37 Å². The van der Waals surface area contributed by atoms with Crippen molar-refractivity contribution < 1.29 is 9.18 Å². The summed E-state index contributed by atoms with van der Waals surface area (Å²) in [7, 11) is 0. The van der Waals surface area contributed by atoms with Crippen LogP contribution in [0.3, 0.4) is 0 Å². The first kappa shape index (κ1) is 15.9. The minimum absolute atomic E-state index is 0.0698. The van der Waals surface area contributed by atoms with Crippen LogP contribution in [0.5, 0.6) is 0 Å². The van der Waals surface area contributed by atoms with Crippen molar-refractivity contribution in [2.24, 2.45) is 0 Å². The normalized spacial score (nSPS) is 10.8. The van der Waals surface area contributed by atoms with Crippen molar-refractivity contribution in [3.63, 3.8) is 0 Å². The van der Waals surface area contributed by atoms with Gasteiger partial charge in [0.25, 0.3) is 5.56 Å². The predicted octanol–water partition coefficient (Wildman–Crippen LogP) is 2.16. The molecule has 0 saturated heterocycles. The van der Waals surface area contributed by atoms with E-state index in [1.807, 2.05) is 13.0 Å². The molecule has 2 aromatic carbocycles. The number of fused-ring (bicyclic) bond motifs is 1. The van der Waals surface area contributed by atoms with Crippen LogP contribution in [0.4, 0.5) is 4.39 Å². The number of hydrogen-bond donors (Lipinski definition) is 1. The van der Waals surface area contributed by atoms with E-state index in [9.17, 15) is 14.0 Å². The van der Waals surface area contributed by atoms with Gasteiger partial charge in [-0.2, -0.15) is 0 Å². The van der Waals surface area contributed by atoms with E-state index in [1.165, 1.54) is 17.0 Å². The van der Waals surface area contributed by atoms with Gasteiger partial charge in [0.05, 0.1) is 17.2 Å².